The zero-order valence-corrected chi connectivity index (χ0v) is 18.2. The molecule has 0 aliphatic rings. The third-order valence-corrected chi connectivity index (χ3v) is 3.42. The molecule has 220 valence electrons. The van der Waals surface area contributed by atoms with Gasteiger partial charge in [-0.25, -0.2) is 0 Å². The molecule has 0 amide bonds. The second-order valence-electron chi connectivity index (χ2n) is 6.33. The molecule has 0 aliphatic carbocycles. The first-order chi connectivity index (χ1) is 16.3. The Balaban J connectivity index is -0.000000522. The number of ether oxygens (including phenoxy) is 1. The number of aliphatic hydroxyl groups excluding tert-OH is 2. The molecular formula is C18H20F14O5. The zero-order chi connectivity index (χ0) is 30.5. The van der Waals surface area contributed by atoms with Gasteiger partial charge in [-0.1, -0.05) is 13.2 Å². The first kappa shape index (κ1) is 39.2. The molecule has 0 atom stereocenters. The number of allylic oxidation sites excluding steroid dienone is 2. The first-order valence-corrected chi connectivity index (χ1v) is 9.07. The van der Waals surface area contributed by atoms with Gasteiger partial charge in [-0.05, 0) is 12.2 Å². The maximum absolute atomic E-state index is 12.6. The molecule has 0 heterocycles. The maximum Gasteiger partial charge on any atom is 0.459 e. The lowest BCUT2D eigenvalue weighted by molar-refractivity contribution is -0.361. The summed E-state index contributed by atoms with van der Waals surface area (Å²) in [6.07, 6.45) is -10.9. The van der Waals surface area contributed by atoms with Crippen LogP contribution in [0, 0.1) is 0 Å². The third-order valence-electron chi connectivity index (χ3n) is 3.42. The van der Waals surface area contributed by atoms with Gasteiger partial charge in [0.1, 0.15) is 13.2 Å². The van der Waals surface area contributed by atoms with E-state index in [1.54, 1.807) is 0 Å². The molecule has 0 fully saturated rings. The van der Waals surface area contributed by atoms with E-state index in [2.05, 4.69) is 17.9 Å². The number of rotatable bonds is 12. The molecule has 0 rings (SSSR count). The molecule has 0 radical (unpaired) electrons. The van der Waals surface area contributed by atoms with Gasteiger partial charge in [0.05, 0.1) is 13.2 Å². The standard InChI is InChI=1S/C9H9F7O2.C5H8O2.C4H3F7O/c1-2-6(17)3-4-18-5-7(10,11)8(12,13)9(14,15)16;1-2-5(7)3-4-6;5-2(6,1-12)3(7,8)4(9,10)11/h2H,1,3-5H2;2,6H,1,3-4H2;12H,1H2. The molecule has 0 unspecified atom stereocenters. The van der Waals surface area contributed by atoms with E-state index >= 15 is 0 Å². The molecule has 19 heteroatoms. The molecule has 0 spiro atoms. The SMILES string of the molecule is C=CC(=O)CCO.C=CC(=O)CCOCC(F)(F)C(F)(F)C(F)(F)F.OCC(F)(F)C(F)(F)C(F)(F)F. The lowest BCUT2D eigenvalue weighted by Gasteiger charge is -2.27. The van der Waals surface area contributed by atoms with Crippen LogP contribution in [0.1, 0.15) is 12.8 Å². The van der Waals surface area contributed by atoms with Gasteiger partial charge in [0.15, 0.2) is 11.6 Å². The van der Waals surface area contributed by atoms with Crippen molar-refractivity contribution in [2.75, 3.05) is 26.4 Å². The van der Waals surface area contributed by atoms with Gasteiger partial charge in [0, 0.05) is 12.8 Å². The van der Waals surface area contributed by atoms with Gasteiger partial charge in [0.2, 0.25) is 0 Å². The van der Waals surface area contributed by atoms with Gasteiger partial charge in [-0.3, -0.25) is 9.59 Å². The summed E-state index contributed by atoms with van der Waals surface area (Å²) >= 11 is 0. The predicted molar refractivity (Wildman–Crippen MR) is 96.5 cm³/mol. The third kappa shape index (κ3) is 12.7. The van der Waals surface area contributed by atoms with Crippen LogP contribution < -0.4 is 0 Å². The van der Waals surface area contributed by atoms with Crippen LogP contribution >= 0.6 is 0 Å². The van der Waals surface area contributed by atoms with E-state index in [9.17, 15) is 71.1 Å². The van der Waals surface area contributed by atoms with Crippen molar-refractivity contribution >= 4 is 11.6 Å². The van der Waals surface area contributed by atoms with Crippen molar-refractivity contribution < 1.29 is 86.0 Å². The number of aliphatic hydroxyl groups is 2. The van der Waals surface area contributed by atoms with E-state index in [4.69, 9.17) is 10.2 Å². The Morgan fingerprint density at radius 3 is 1.24 bits per heavy atom. The van der Waals surface area contributed by atoms with Crippen LogP contribution in [0.3, 0.4) is 0 Å². The molecular weight excluding hydrogens is 562 g/mol. The van der Waals surface area contributed by atoms with Crippen LogP contribution in [0.5, 0.6) is 0 Å². The number of ketones is 2. The first-order valence-electron chi connectivity index (χ1n) is 9.07. The summed E-state index contributed by atoms with van der Waals surface area (Å²) in [6, 6.07) is 0. The zero-order valence-electron chi connectivity index (χ0n) is 18.2. The molecule has 0 saturated carbocycles. The predicted octanol–water partition coefficient (Wildman–Crippen LogP) is 4.92. The van der Waals surface area contributed by atoms with Crippen molar-refractivity contribution in [2.24, 2.45) is 0 Å². The van der Waals surface area contributed by atoms with E-state index in [1.807, 2.05) is 0 Å². The van der Waals surface area contributed by atoms with Crippen LogP contribution in [0.4, 0.5) is 61.5 Å². The Morgan fingerprint density at radius 2 is 1.00 bits per heavy atom. The molecule has 0 aliphatic heterocycles. The Hall–Kier alpha value is -2.28. The van der Waals surface area contributed by atoms with E-state index < -0.39 is 68.1 Å². The average Bonchev–Trinajstić information content (AvgIpc) is 2.75. The summed E-state index contributed by atoms with van der Waals surface area (Å²) in [4.78, 5) is 20.7. The smallest absolute Gasteiger partial charge is 0.396 e. The Bertz CT molecular complexity index is 729. The highest BCUT2D eigenvalue weighted by atomic mass is 19.4. The lowest BCUT2D eigenvalue weighted by Crippen LogP contribution is -2.54. The number of carbonyl (C=O) groups excluding carboxylic acids is 2. The van der Waals surface area contributed by atoms with Crippen LogP contribution in [0.2, 0.25) is 0 Å². The van der Waals surface area contributed by atoms with Gasteiger partial charge in [-0.15, -0.1) is 0 Å². The van der Waals surface area contributed by atoms with E-state index in [-0.39, 0.29) is 18.8 Å². The van der Waals surface area contributed by atoms with Crippen molar-refractivity contribution in [1.82, 2.24) is 0 Å². The van der Waals surface area contributed by atoms with Crippen LogP contribution in [0.25, 0.3) is 0 Å². The van der Waals surface area contributed by atoms with Crippen LogP contribution in [-0.2, 0) is 14.3 Å². The van der Waals surface area contributed by atoms with Crippen molar-refractivity contribution in [2.45, 2.75) is 48.9 Å². The Labute approximate surface area is 199 Å². The highest BCUT2D eigenvalue weighted by Crippen LogP contribution is 2.47. The summed E-state index contributed by atoms with van der Waals surface area (Å²) < 4.78 is 169. The van der Waals surface area contributed by atoms with Crippen molar-refractivity contribution in [3.63, 3.8) is 0 Å². The summed E-state index contributed by atoms with van der Waals surface area (Å²) in [5, 5.41) is 15.7. The minimum absolute atomic E-state index is 0.0785. The Morgan fingerprint density at radius 1 is 0.649 bits per heavy atom. The number of hydrogen-bond donors (Lipinski definition) is 2. The van der Waals surface area contributed by atoms with E-state index in [0.29, 0.717) is 0 Å². The quantitative estimate of drug-likeness (QED) is 0.194. The van der Waals surface area contributed by atoms with E-state index in [0.717, 1.165) is 6.08 Å². The topological polar surface area (TPSA) is 83.8 Å². The van der Waals surface area contributed by atoms with Crippen molar-refractivity contribution in [3.8, 4) is 0 Å². The van der Waals surface area contributed by atoms with Gasteiger partial charge < -0.3 is 14.9 Å². The van der Waals surface area contributed by atoms with Gasteiger partial charge in [0.25, 0.3) is 0 Å². The fourth-order valence-electron chi connectivity index (χ4n) is 1.29. The second-order valence-corrected chi connectivity index (χ2v) is 6.33. The minimum atomic E-state index is -6.38. The highest BCUT2D eigenvalue weighted by molar-refractivity contribution is 5.89. The monoisotopic (exact) mass is 582 g/mol. The normalized spacial score (nSPS) is 13.0. The second kappa shape index (κ2) is 15.2. The number of carbonyl (C=O) groups is 2. The molecule has 0 aromatic carbocycles. The summed E-state index contributed by atoms with van der Waals surface area (Å²) in [5.74, 6) is -24.0. The summed E-state index contributed by atoms with van der Waals surface area (Å²) in [6.45, 7) is 0.787. The minimum Gasteiger partial charge on any atom is -0.396 e. The molecule has 0 aromatic heterocycles. The largest absolute Gasteiger partial charge is 0.459 e. The Kier molecular flexibility index (Phi) is 16.1. The summed E-state index contributed by atoms with van der Waals surface area (Å²) in [5.41, 5.74) is 0. The van der Waals surface area contributed by atoms with Crippen molar-refractivity contribution in [3.05, 3.63) is 25.3 Å². The van der Waals surface area contributed by atoms with E-state index in [1.165, 1.54) is 6.08 Å². The highest BCUT2D eigenvalue weighted by Gasteiger charge is 2.73. The fourth-order valence-corrected chi connectivity index (χ4v) is 1.29. The fraction of sp³-hybridized carbons (Fsp3) is 0.667. The lowest BCUT2D eigenvalue weighted by atomic mass is 10.2. The molecule has 0 bridgehead atoms. The molecule has 0 aromatic rings. The van der Waals surface area contributed by atoms with Gasteiger partial charge in [-0.2, -0.15) is 61.5 Å². The maximum atomic E-state index is 12.6. The molecule has 37 heavy (non-hydrogen) atoms. The van der Waals surface area contributed by atoms with Crippen LogP contribution in [0.15, 0.2) is 25.3 Å². The average molecular weight is 582 g/mol. The molecule has 0 saturated heterocycles. The molecule has 5 nitrogen and oxygen atoms in total. The number of halogens is 14. The summed E-state index contributed by atoms with van der Waals surface area (Å²) in [7, 11) is 0. The van der Waals surface area contributed by atoms with Crippen molar-refractivity contribution in [1.29, 1.82) is 0 Å². The van der Waals surface area contributed by atoms with Crippen LogP contribution in [-0.4, -0.2) is 84.2 Å². The number of alkyl halides is 14. The molecule has 2 N–H and O–H groups in total. The number of hydrogen-bond acceptors (Lipinski definition) is 5. The van der Waals surface area contributed by atoms with Gasteiger partial charge >= 0.3 is 36.0 Å².